The van der Waals surface area contributed by atoms with Gasteiger partial charge >= 0.3 is 0 Å². The molecule has 6 nitrogen and oxygen atoms in total. The highest BCUT2D eigenvalue weighted by Crippen LogP contribution is 2.20. The fraction of sp³-hybridized carbons (Fsp3) is 0.792. The number of hydrogen-bond donors (Lipinski definition) is 2. The minimum atomic E-state index is 0.161. The van der Waals surface area contributed by atoms with E-state index in [2.05, 4.69) is 34.3 Å². The third kappa shape index (κ3) is 8.83. The van der Waals surface area contributed by atoms with Crippen molar-refractivity contribution in [2.45, 2.75) is 111 Å². The molecule has 2 heterocycles. The molecule has 0 aromatic carbocycles. The summed E-state index contributed by atoms with van der Waals surface area (Å²) in [6.07, 6.45) is 16.1. The maximum absolute atomic E-state index is 12.8. The van der Waals surface area contributed by atoms with Crippen molar-refractivity contribution < 1.29 is 4.79 Å². The summed E-state index contributed by atoms with van der Waals surface area (Å²) in [7, 11) is 0. The molecule has 7 heteroatoms. The Morgan fingerprint density at radius 2 is 1.61 bits per heavy atom. The Bertz CT molecular complexity index is 769. The number of aromatic nitrogens is 4. The predicted molar refractivity (Wildman–Crippen MR) is 129 cm³/mol. The van der Waals surface area contributed by atoms with Crippen molar-refractivity contribution in [3.05, 3.63) is 16.5 Å². The number of unbranched alkanes of at least 4 members (excludes halogenated alkanes) is 8. The molecule has 0 radical (unpaired) electrons. The standard InChI is InChI=1S/C24H42ClN5O/c1-4-6-8-10-11-13-16-20(15-12-9-7-5-2)24(31)26-18-14-17-21-27-23-22(25)19(3)28-30(23)29-21/h20,28H,4-18H2,1-3H3,(H,26,31). The van der Waals surface area contributed by atoms with Gasteiger partial charge in [0.15, 0.2) is 11.5 Å². The Morgan fingerprint density at radius 3 is 2.26 bits per heavy atom. The Labute approximate surface area is 192 Å². The molecule has 31 heavy (non-hydrogen) atoms. The minimum Gasteiger partial charge on any atom is -0.356 e. The Hall–Kier alpha value is -1.56. The van der Waals surface area contributed by atoms with E-state index in [1.807, 2.05) is 6.92 Å². The van der Waals surface area contributed by atoms with Gasteiger partial charge in [-0.05, 0) is 26.2 Å². The maximum Gasteiger partial charge on any atom is 0.223 e. The second kappa shape index (κ2) is 14.5. The molecule has 0 saturated carbocycles. The monoisotopic (exact) mass is 451 g/mol. The number of fused-ring (bicyclic) bond motifs is 1. The number of carbonyl (C=O) groups excluding carboxylic acids is 1. The zero-order valence-electron chi connectivity index (χ0n) is 19.8. The van der Waals surface area contributed by atoms with Crippen LogP contribution in [0.4, 0.5) is 0 Å². The Morgan fingerprint density at radius 1 is 1.00 bits per heavy atom. The number of carbonyl (C=O) groups is 1. The number of hydrogen-bond acceptors (Lipinski definition) is 3. The van der Waals surface area contributed by atoms with Gasteiger partial charge in [-0.1, -0.05) is 89.7 Å². The van der Waals surface area contributed by atoms with E-state index in [0.29, 0.717) is 17.2 Å². The second-order valence-electron chi connectivity index (χ2n) is 8.81. The zero-order chi connectivity index (χ0) is 22.5. The van der Waals surface area contributed by atoms with Gasteiger partial charge in [0.1, 0.15) is 5.02 Å². The largest absolute Gasteiger partial charge is 0.356 e. The smallest absolute Gasteiger partial charge is 0.223 e. The molecular formula is C24H42ClN5O. The van der Waals surface area contributed by atoms with Crippen LogP contribution in [0.25, 0.3) is 5.65 Å². The van der Waals surface area contributed by atoms with Crippen LogP contribution in [0.15, 0.2) is 0 Å². The molecule has 2 aromatic rings. The van der Waals surface area contributed by atoms with Crippen LogP contribution in [-0.4, -0.2) is 32.3 Å². The van der Waals surface area contributed by atoms with Crippen molar-refractivity contribution in [2.75, 3.05) is 6.54 Å². The van der Waals surface area contributed by atoms with Gasteiger partial charge in [0.05, 0.1) is 5.69 Å². The van der Waals surface area contributed by atoms with Gasteiger partial charge in [-0.3, -0.25) is 9.89 Å². The van der Waals surface area contributed by atoms with Gasteiger partial charge in [-0.15, -0.1) is 5.10 Å². The number of amides is 1. The quantitative estimate of drug-likeness (QED) is 0.273. The first-order valence-corrected chi connectivity index (χ1v) is 12.8. The molecule has 0 aliphatic carbocycles. The van der Waals surface area contributed by atoms with Crippen LogP contribution in [0, 0.1) is 12.8 Å². The van der Waals surface area contributed by atoms with E-state index in [1.54, 1.807) is 4.63 Å². The molecule has 1 unspecified atom stereocenters. The molecule has 0 saturated heterocycles. The van der Waals surface area contributed by atoms with E-state index >= 15 is 0 Å². The van der Waals surface area contributed by atoms with Gasteiger partial charge in [0.2, 0.25) is 5.91 Å². The Balaban J connectivity index is 1.72. The van der Waals surface area contributed by atoms with E-state index in [0.717, 1.165) is 43.6 Å². The number of aryl methyl sites for hydroxylation is 2. The molecule has 0 aliphatic rings. The average Bonchev–Trinajstić information content (AvgIpc) is 3.27. The molecule has 0 spiro atoms. The van der Waals surface area contributed by atoms with E-state index in [4.69, 9.17) is 11.6 Å². The first kappa shape index (κ1) is 25.7. The third-order valence-electron chi connectivity index (χ3n) is 6.01. The number of H-pyrrole nitrogens is 1. The fourth-order valence-corrected chi connectivity index (χ4v) is 4.22. The lowest BCUT2D eigenvalue weighted by Gasteiger charge is -2.17. The predicted octanol–water partition coefficient (Wildman–Crippen LogP) is 6.41. The third-order valence-corrected chi connectivity index (χ3v) is 6.46. The first-order chi connectivity index (χ1) is 15.1. The van der Waals surface area contributed by atoms with Gasteiger partial charge in [0, 0.05) is 18.9 Å². The molecule has 0 fully saturated rings. The number of aromatic amines is 1. The van der Waals surface area contributed by atoms with Gasteiger partial charge in [0.25, 0.3) is 0 Å². The average molecular weight is 452 g/mol. The van der Waals surface area contributed by atoms with Crippen LogP contribution in [0.2, 0.25) is 5.02 Å². The molecule has 2 N–H and O–H groups in total. The lowest BCUT2D eigenvalue weighted by Crippen LogP contribution is -2.31. The van der Waals surface area contributed by atoms with Crippen LogP contribution in [0.5, 0.6) is 0 Å². The van der Waals surface area contributed by atoms with Crippen molar-refractivity contribution in [3.63, 3.8) is 0 Å². The maximum atomic E-state index is 12.8. The normalized spacial score (nSPS) is 12.5. The van der Waals surface area contributed by atoms with Crippen molar-refractivity contribution in [1.82, 2.24) is 25.1 Å². The van der Waals surface area contributed by atoms with Gasteiger partial charge in [-0.2, -0.15) is 4.63 Å². The summed E-state index contributed by atoms with van der Waals surface area (Å²) in [5.74, 6) is 1.15. The van der Waals surface area contributed by atoms with Crippen molar-refractivity contribution in [1.29, 1.82) is 0 Å². The van der Waals surface area contributed by atoms with E-state index in [-0.39, 0.29) is 11.8 Å². The summed E-state index contributed by atoms with van der Waals surface area (Å²) in [5, 5.41) is 11.3. The molecular weight excluding hydrogens is 410 g/mol. The van der Waals surface area contributed by atoms with Crippen LogP contribution in [-0.2, 0) is 11.2 Å². The SMILES string of the molecule is CCCCCCCCC(CCCCCC)C(=O)NCCCc1nc2c(Cl)c(C)[nH]n2n1. The lowest BCUT2D eigenvalue weighted by molar-refractivity contribution is -0.125. The molecule has 2 aromatic heterocycles. The highest BCUT2D eigenvalue weighted by atomic mass is 35.5. The van der Waals surface area contributed by atoms with Crippen LogP contribution < -0.4 is 5.32 Å². The Kier molecular flexibility index (Phi) is 12.0. The fourth-order valence-electron chi connectivity index (χ4n) is 4.05. The molecule has 0 bridgehead atoms. The van der Waals surface area contributed by atoms with Crippen LogP contribution in [0.1, 0.15) is 109 Å². The highest BCUT2D eigenvalue weighted by molar-refractivity contribution is 6.34. The minimum absolute atomic E-state index is 0.161. The molecule has 0 aliphatic heterocycles. The number of halogens is 1. The molecule has 176 valence electrons. The van der Waals surface area contributed by atoms with Crippen LogP contribution >= 0.6 is 11.6 Å². The number of rotatable bonds is 17. The van der Waals surface area contributed by atoms with Crippen molar-refractivity contribution in [2.24, 2.45) is 5.92 Å². The summed E-state index contributed by atoms with van der Waals surface area (Å²) >= 11 is 6.22. The summed E-state index contributed by atoms with van der Waals surface area (Å²) in [5.41, 5.74) is 1.54. The molecule has 1 atom stereocenters. The van der Waals surface area contributed by atoms with Gasteiger partial charge < -0.3 is 5.32 Å². The molecule has 1 amide bonds. The zero-order valence-corrected chi connectivity index (χ0v) is 20.6. The summed E-state index contributed by atoms with van der Waals surface area (Å²) in [4.78, 5) is 17.3. The highest BCUT2D eigenvalue weighted by Gasteiger charge is 2.17. The van der Waals surface area contributed by atoms with E-state index in [1.165, 1.54) is 57.8 Å². The molecule has 2 rings (SSSR count). The van der Waals surface area contributed by atoms with Crippen molar-refractivity contribution >= 4 is 23.2 Å². The van der Waals surface area contributed by atoms with Gasteiger partial charge in [-0.25, -0.2) is 4.98 Å². The number of nitrogens with one attached hydrogen (secondary N) is 2. The van der Waals surface area contributed by atoms with Crippen LogP contribution in [0.3, 0.4) is 0 Å². The van der Waals surface area contributed by atoms with E-state index in [9.17, 15) is 4.79 Å². The lowest BCUT2D eigenvalue weighted by atomic mass is 9.93. The second-order valence-corrected chi connectivity index (χ2v) is 9.19. The summed E-state index contributed by atoms with van der Waals surface area (Å²) < 4.78 is 1.62. The number of nitrogens with zero attached hydrogens (tertiary/aromatic N) is 3. The van der Waals surface area contributed by atoms with Crippen molar-refractivity contribution in [3.8, 4) is 0 Å². The first-order valence-electron chi connectivity index (χ1n) is 12.4. The summed E-state index contributed by atoms with van der Waals surface area (Å²) in [6, 6.07) is 0. The summed E-state index contributed by atoms with van der Waals surface area (Å²) in [6.45, 7) is 7.04. The topological polar surface area (TPSA) is 75.1 Å². The van der Waals surface area contributed by atoms with E-state index < -0.39 is 0 Å².